The SMILES string of the molecule is Cc1cc(N2CCOCC2)cc(C)c1NC(=O)C1Cc2ccccc2O1. The summed E-state index contributed by atoms with van der Waals surface area (Å²) >= 11 is 0. The average molecular weight is 352 g/mol. The van der Waals surface area contributed by atoms with Gasteiger partial charge in [0.1, 0.15) is 5.75 Å². The number of ether oxygens (including phenoxy) is 2. The van der Waals surface area contributed by atoms with Gasteiger partial charge in [-0.15, -0.1) is 0 Å². The van der Waals surface area contributed by atoms with E-state index in [1.807, 2.05) is 38.1 Å². The summed E-state index contributed by atoms with van der Waals surface area (Å²) in [5, 5.41) is 3.08. The van der Waals surface area contributed by atoms with Crippen molar-refractivity contribution in [2.24, 2.45) is 0 Å². The number of amides is 1. The molecule has 2 aromatic rings. The maximum atomic E-state index is 12.7. The minimum absolute atomic E-state index is 0.0912. The maximum Gasteiger partial charge on any atom is 0.265 e. The van der Waals surface area contributed by atoms with Gasteiger partial charge < -0.3 is 19.7 Å². The number of rotatable bonds is 3. The van der Waals surface area contributed by atoms with Crippen molar-refractivity contribution >= 4 is 17.3 Å². The topological polar surface area (TPSA) is 50.8 Å². The molecule has 1 unspecified atom stereocenters. The zero-order valence-electron chi connectivity index (χ0n) is 15.2. The first-order valence-electron chi connectivity index (χ1n) is 9.11. The van der Waals surface area contributed by atoms with Gasteiger partial charge in [0.05, 0.1) is 13.2 Å². The van der Waals surface area contributed by atoms with Gasteiger partial charge in [0.2, 0.25) is 0 Å². The lowest BCUT2D eigenvalue weighted by atomic mass is 10.1. The van der Waals surface area contributed by atoms with Crippen LogP contribution in [0.15, 0.2) is 36.4 Å². The number of hydrogen-bond donors (Lipinski definition) is 1. The highest BCUT2D eigenvalue weighted by Crippen LogP contribution is 2.31. The molecule has 1 amide bonds. The highest BCUT2D eigenvalue weighted by molar-refractivity contribution is 5.96. The van der Waals surface area contributed by atoms with Gasteiger partial charge in [-0.2, -0.15) is 0 Å². The number of benzene rings is 2. The number of fused-ring (bicyclic) bond motifs is 1. The molecule has 1 fully saturated rings. The van der Waals surface area contributed by atoms with E-state index >= 15 is 0 Å². The second-order valence-corrected chi connectivity index (χ2v) is 6.96. The first-order chi connectivity index (χ1) is 12.6. The fourth-order valence-electron chi connectivity index (χ4n) is 3.67. The summed E-state index contributed by atoms with van der Waals surface area (Å²) in [4.78, 5) is 15.0. The molecule has 26 heavy (non-hydrogen) atoms. The van der Waals surface area contributed by atoms with Gasteiger partial charge in [0, 0.05) is 30.9 Å². The van der Waals surface area contributed by atoms with Crippen molar-refractivity contribution in [3.8, 4) is 5.75 Å². The minimum Gasteiger partial charge on any atom is -0.480 e. The molecule has 136 valence electrons. The summed E-state index contributed by atoms with van der Waals surface area (Å²) in [6, 6.07) is 12.1. The number of carbonyl (C=O) groups is 1. The Hall–Kier alpha value is -2.53. The first-order valence-corrected chi connectivity index (χ1v) is 9.11. The van der Waals surface area contributed by atoms with Crippen molar-refractivity contribution < 1.29 is 14.3 Å². The van der Waals surface area contributed by atoms with Gasteiger partial charge >= 0.3 is 0 Å². The zero-order valence-corrected chi connectivity index (χ0v) is 15.2. The quantitative estimate of drug-likeness (QED) is 0.922. The fraction of sp³-hybridized carbons (Fsp3) is 0.381. The molecule has 2 heterocycles. The van der Waals surface area contributed by atoms with Crippen LogP contribution in [0.25, 0.3) is 0 Å². The molecule has 0 bridgehead atoms. The molecule has 1 saturated heterocycles. The van der Waals surface area contributed by atoms with Crippen LogP contribution in [0.4, 0.5) is 11.4 Å². The Morgan fingerprint density at radius 2 is 1.81 bits per heavy atom. The lowest BCUT2D eigenvalue weighted by Crippen LogP contribution is -2.36. The van der Waals surface area contributed by atoms with Crippen LogP contribution in [0.3, 0.4) is 0 Å². The van der Waals surface area contributed by atoms with Gasteiger partial charge in [0.25, 0.3) is 5.91 Å². The second kappa shape index (κ2) is 7.00. The van der Waals surface area contributed by atoms with Crippen molar-refractivity contribution in [1.82, 2.24) is 0 Å². The molecular weight excluding hydrogens is 328 g/mol. The smallest absolute Gasteiger partial charge is 0.265 e. The van der Waals surface area contributed by atoms with Gasteiger partial charge in [0.15, 0.2) is 6.10 Å². The molecule has 0 radical (unpaired) electrons. The van der Waals surface area contributed by atoms with Gasteiger partial charge in [-0.25, -0.2) is 0 Å². The predicted octanol–water partition coefficient (Wildman–Crippen LogP) is 3.08. The molecule has 2 aromatic carbocycles. The Morgan fingerprint density at radius 3 is 2.50 bits per heavy atom. The van der Waals surface area contributed by atoms with Crippen LogP contribution in [0, 0.1) is 13.8 Å². The van der Waals surface area contributed by atoms with E-state index in [-0.39, 0.29) is 5.91 Å². The third-order valence-corrected chi connectivity index (χ3v) is 5.08. The lowest BCUT2D eigenvalue weighted by molar-refractivity contribution is -0.122. The monoisotopic (exact) mass is 352 g/mol. The molecule has 0 saturated carbocycles. The number of morpholine rings is 1. The first kappa shape index (κ1) is 16.9. The van der Waals surface area contributed by atoms with Crippen LogP contribution >= 0.6 is 0 Å². The van der Waals surface area contributed by atoms with Crippen LogP contribution in [-0.4, -0.2) is 38.3 Å². The number of nitrogens with one attached hydrogen (secondary N) is 1. The van der Waals surface area contributed by atoms with Gasteiger partial charge in [-0.05, 0) is 48.7 Å². The van der Waals surface area contributed by atoms with Crippen molar-refractivity contribution in [3.63, 3.8) is 0 Å². The Morgan fingerprint density at radius 1 is 1.12 bits per heavy atom. The Labute approximate surface area is 153 Å². The van der Waals surface area contributed by atoms with E-state index < -0.39 is 6.10 Å². The number of anilines is 2. The number of nitrogens with zero attached hydrogens (tertiary/aromatic N) is 1. The Bertz CT molecular complexity index is 780. The van der Waals surface area contributed by atoms with E-state index in [0.717, 1.165) is 54.4 Å². The molecule has 0 spiro atoms. The third-order valence-electron chi connectivity index (χ3n) is 5.08. The minimum atomic E-state index is -0.467. The summed E-state index contributed by atoms with van der Waals surface area (Å²) in [6.07, 6.45) is 0.150. The maximum absolute atomic E-state index is 12.7. The summed E-state index contributed by atoms with van der Waals surface area (Å²) in [7, 11) is 0. The summed E-state index contributed by atoms with van der Waals surface area (Å²) in [5.41, 5.74) is 5.28. The second-order valence-electron chi connectivity index (χ2n) is 6.96. The van der Waals surface area contributed by atoms with E-state index in [0.29, 0.717) is 6.42 Å². The van der Waals surface area contributed by atoms with Crippen molar-refractivity contribution in [2.45, 2.75) is 26.4 Å². The highest BCUT2D eigenvalue weighted by Gasteiger charge is 2.29. The van der Waals surface area contributed by atoms with Crippen LogP contribution in [0.2, 0.25) is 0 Å². The molecule has 0 aromatic heterocycles. The number of aryl methyl sites for hydroxylation is 2. The third kappa shape index (κ3) is 3.27. The zero-order chi connectivity index (χ0) is 18.1. The fourth-order valence-corrected chi connectivity index (χ4v) is 3.67. The standard InChI is InChI=1S/C21H24N2O3/c1-14-11-17(23-7-9-25-10-8-23)12-15(2)20(14)22-21(24)19-13-16-5-3-4-6-18(16)26-19/h3-6,11-12,19H,7-10,13H2,1-2H3,(H,22,24). The van der Waals surface area contributed by atoms with Crippen LogP contribution in [-0.2, 0) is 16.0 Å². The largest absolute Gasteiger partial charge is 0.480 e. The molecule has 1 N–H and O–H groups in total. The van der Waals surface area contributed by atoms with Gasteiger partial charge in [-0.3, -0.25) is 4.79 Å². The van der Waals surface area contributed by atoms with Crippen molar-refractivity contribution in [1.29, 1.82) is 0 Å². The molecule has 5 heteroatoms. The van der Waals surface area contributed by atoms with Crippen molar-refractivity contribution in [3.05, 3.63) is 53.1 Å². The van der Waals surface area contributed by atoms with E-state index in [4.69, 9.17) is 9.47 Å². The number of carbonyl (C=O) groups excluding carboxylic acids is 1. The Balaban J connectivity index is 1.49. The molecule has 5 nitrogen and oxygen atoms in total. The predicted molar refractivity (Wildman–Crippen MR) is 102 cm³/mol. The molecule has 1 atom stereocenters. The van der Waals surface area contributed by atoms with Crippen LogP contribution < -0.4 is 15.0 Å². The van der Waals surface area contributed by atoms with Crippen LogP contribution in [0.1, 0.15) is 16.7 Å². The van der Waals surface area contributed by atoms with Gasteiger partial charge in [-0.1, -0.05) is 18.2 Å². The summed E-state index contributed by atoms with van der Waals surface area (Å²) < 4.78 is 11.2. The average Bonchev–Trinajstić information content (AvgIpc) is 3.09. The molecule has 0 aliphatic carbocycles. The molecule has 2 aliphatic rings. The molecule has 2 aliphatic heterocycles. The van der Waals surface area contributed by atoms with E-state index in [1.54, 1.807) is 0 Å². The van der Waals surface area contributed by atoms with E-state index in [1.165, 1.54) is 5.69 Å². The highest BCUT2D eigenvalue weighted by atomic mass is 16.5. The number of para-hydroxylation sites is 1. The molecule has 4 rings (SSSR count). The van der Waals surface area contributed by atoms with E-state index in [2.05, 4.69) is 22.3 Å². The van der Waals surface area contributed by atoms with E-state index in [9.17, 15) is 4.79 Å². The Kier molecular flexibility index (Phi) is 4.55. The van der Waals surface area contributed by atoms with Crippen molar-refractivity contribution in [2.75, 3.05) is 36.5 Å². The molecular formula is C21H24N2O3. The summed E-state index contributed by atoms with van der Waals surface area (Å²) in [5.74, 6) is 0.718. The van der Waals surface area contributed by atoms with Crippen LogP contribution in [0.5, 0.6) is 5.75 Å². The normalized spacial score (nSPS) is 19.0. The lowest BCUT2D eigenvalue weighted by Gasteiger charge is -2.30. The number of hydrogen-bond acceptors (Lipinski definition) is 4. The summed E-state index contributed by atoms with van der Waals surface area (Å²) in [6.45, 7) is 7.40.